The molecule has 0 aliphatic heterocycles. The topological polar surface area (TPSA) is 79.3 Å². The summed E-state index contributed by atoms with van der Waals surface area (Å²) < 4.78 is 5.00. The Morgan fingerprint density at radius 1 is 1.53 bits per heavy atom. The fourth-order valence-electron chi connectivity index (χ4n) is 1.68. The summed E-state index contributed by atoms with van der Waals surface area (Å²) in [6, 6.07) is 4.87. The highest BCUT2D eigenvalue weighted by atomic mass is 35.5. The minimum atomic E-state index is -0.338. The Balaban J connectivity index is 0.00000256. The van der Waals surface area contributed by atoms with Crippen molar-refractivity contribution in [3.8, 4) is 17.6 Å². The number of ether oxygens (including phenoxy) is 1. The molecular formula is C12H17ClN2O2. The van der Waals surface area contributed by atoms with Gasteiger partial charge in [-0.15, -0.1) is 12.4 Å². The van der Waals surface area contributed by atoms with Crippen molar-refractivity contribution in [3.05, 3.63) is 23.3 Å². The maximum atomic E-state index is 9.94. The normalized spacial score (nSPS) is 11.2. The molecule has 0 unspecified atom stereocenters. The Kier molecular flexibility index (Phi) is 6.40. The van der Waals surface area contributed by atoms with Crippen LogP contribution >= 0.6 is 12.4 Å². The van der Waals surface area contributed by atoms with Crippen molar-refractivity contribution in [1.29, 1.82) is 5.26 Å². The van der Waals surface area contributed by atoms with Crippen LogP contribution in [0.1, 0.15) is 36.9 Å². The molecule has 3 N–H and O–H groups in total. The number of rotatable bonds is 4. The third-order valence-corrected chi connectivity index (χ3v) is 2.49. The van der Waals surface area contributed by atoms with E-state index in [-0.39, 0.29) is 24.2 Å². The molecule has 1 atom stereocenters. The Labute approximate surface area is 107 Å². The molecule has 0 aliphatic carbocycles. The van der Waals surface area contributed by atoms with Crippen molar-refractivity contribution >= 4 is 12.4 Å². The zero-order valence-corrected chi connectivity index (χ0v) is 10.8. The lowest BCUT2D eigenvalue weighted by Crippen LogP contribution is -2.12. The van der Waals surface area contributed by atoms with Gasteiger partial charge >= 0.3 is 0 Å². The van der Waals surface area contributed by atoms with E-state index in [9.17, 15) is 5.11 Å². The van der Waals surface area contributed by atoms with Gasteiger partial charge < -0.3 is 15.6 Å². The summed E-state index contributed by atoms with van der Waals surface area (Å²) in [7, 11) is 1.47. The zero-order valence-electron chi connectivity index (χ0n) is 9.93. The second-order valence-electron chi connectivity index (χ2n) is 3.58. The Hall–Kier alpha value is -1.44. The summed E-state index contributed by atoms with van der Waals surface area (Å²) in [4.78, 5) is 0. The first-order valence-electron chi connectivity index (χ1n) is 5.21. The molecule has 0 heterocycles. The van der Waals surface area contributed by atoms with Gasteiger partial charge in [0.15, 0.2) is 11.5 Å². The number of halogens is 1. The van der Waals surface area contributed by atoms with Crippen LogP contribution in [0.4, 0.5) is 0 Å². The largest absolute Gasteiger partial charge is 0.504 e. The van der Waals surface area contributed by atoms with Crippen LogP contribution in [0.5, 0.6) is 11.5 Å². The van der Waals surface area contributed by atoms with Gasteiger partial charge in [-0.1, -0.05) is 13.3 Å². The number of aromatic hydroxyl groups is 1. The Morgan fingerprint density at radius 2 is 2.18 bits per heavy atom. The SMILES string of the molecule is CCC[C@@H](N)c1c(C#N)ccc(OC)c1O.Cl. The van der Waals surface area contributed by atoms with E-state index in [1.165, 1.54) is 7.11 Å². The molecule has 0 radical (unpaired) electrons. The fraction of sp³-hybridized carbons (Fsp3) is 0.417. The number of nitrogens with zero attached hydrogens (tertiary/aromatic N) is 1. The number of phenolic OH excluding ortho intramolecular Hbond substituents is 1. The first kappa shape index (κ1) is 15.6. The summed E-state index contributed by atoms with van der Waals surface area (Å²) in [5, 5.41) is 18.9. The van der Waals surface area contributed by atoms with E-state index in [0.29, 0.717) is 16.9 Å². The van der Waals surface area contributed by atoms with Crippen molar-refractivity contribution in [2.24, 2.45) is 5.73 Å². The van der Waals surface area contributed by atoms with Crippen LogP contribution in [0.3, 0.4) is 0 Å². The smallest absolute Gasteiger partial charge is 0.163 e. The quantitative estimate of drug-likeness (QED) is 0.867. The molecular weight excluding hydrogens is 240 g/mol. The number of methoxy groups -OCH3 is 1. The van der Waals surface area contributed by atoms with Gasteiger partial charge in [-0.05, 0) is 18.6 Å². The highest BCUT2D eigenvalue weighted by Gasteiger charge is 2.18. The lowest BCUT2D eigenvalue weighted by Gasteiger charge is -2.16. The number of hydrogen-bond donors (Lipinski definition) is 2. The molecule has 5 heteroatoms. The van der Waals surface area contributed by atoms with E-state index in [2.05, 4.69) is 0 Å². The molecule has 1 aromatic rings. The Bertz CT molecular complexity index is 416. The predicted octanol–water partition coefficient (Wildman–Crippen LogP) is 2.49. The first-order chi connectivity index (χ1) is 7.65. The highest BCUT2D eigenvalue weighted by Crippen LogP contribution is 2.36. The maximum absolute atomic E-state index is 9.94. The number of phenols is 1. The third kappa shape index (κ3) is 3.26. The minimum Gasteiger partial charge on any atom is -0.504 e. The van der Waals surface area contributed by atoms with Crippen LogP contribution < -0.4 is 10.5 Å². The summed E-state index contributed by atoms with van der Waals surface area (Å²) in [6.07, 6.45) is 1.61. The second-order valence-corrected chi connectivity index (χ2v) is 3.58. The van der Waals surface area contributed by atoms with E-state index >= 15 is 0 Å². The molecule has 0 bridgehead atoms. The van der Waals surface area contributed by atoms with Crippen LogP contribution in [-0.2, 0) is 0 Å². The maximum Gasteiger partial charge on any atom is 0.163 e. The van der Waals surface area contributed by atoms with E-state index in [1.54, 1.807) is 12.1 Å². The fourth-order valence-corrected chi connectivity index (χ4v) is 1.68. The van der Waals surface area contributed by atoms with Crippen molar-refractivity contribution < 1.29 is 9.84 Å². The van der Waals surface area contributed by atoms with Crippen LogP contribution in [0.2, 0.25) is 0 Å². The molecule has 4 nitrogen and oxygen atoms in total. The lowest BCUT2D eigenvalue weighted by atomic mass is 9.97. The van der Waals surface area contributed by atoms with Crippen molar-refractivity contribution in [3.63, 3.8) is 0 Å². The second kappa shape index (κ2) is 7.00. The molecule has 0 aliphatic rings. The third-order valence-electron chi connectivity index (χ3n) is 2.49. The molecule has 1 aromatic carbocycles. The van der Waals surface area contributed by atoms with Crippen molar-refractivity contribution in [1.82, 2.24) is 0 Å². The lowest BCUT2D eigenvalue weighted by molar-refractivity contribution is 0.367. The van der Waals surface area contributed by atoms with Gasteiger partial charge in [-0.3, -0.25) is 0 Å². The summed E-state index contributed by atoms with van der Waals surface area (Å²) in [5.41, 5.74) is 6.82. The molecule has 0 aromatic heterocycles. The van der Waals surface area contributed by atoms with Gasteiger partial charge in [-0.2, -0.15) is 5.26 Å². The van der Waals surface area contributed by atoms with Gasteiger partial charge in [0.25, 0.3) is 0 Å². The predicted molar refractivity (Wildman–Crippen MR) is 68.5 cm³/mol. The molecule has 0 saturated heterocycles. The van der Waals surface area contributed by atoms with Crippen molar-refractivity contribution in [2.45, 2.75) is 25.8 Å². The molecule has 0 fully saturated rings. The van der Waals surface area contributed by atoms with Crippen LogP contribution in [0.25, 0.3) is 0 Å². The van der Waals surface area contributed by atoms with Crippen molar-refractivity contribution in [2.75, 3.05) is 7.11 Å². The Morgan fingerprint density at radius 3 is 2.65 bits per heavy atom. The summed E-state index contributed by atoms with van der Waals surface area (Å²) in [5.74, 6) is 0.322. The van der Waals surface area contributed by atoms with Gasteiger partial charge in [0.1, 0.15) is 0 Å². The number of nitrogens with two attached hydrogens (primary N) is 1. The van der Waals surface area contributed by atoms with Crippen LogP contribution in [0, 0.1) is 11.3 Å². The minimum absolute atomic E-state index is 0. The molecule has 0 spiro atoms. The molecule has 94 valence electrons. The average molecular weight is 257 g/mol. The number of hydrogen-bond acceptors (Lipinski definition) is 4. The molecule has 17 heavy (non-hydrogen) atoms. The van der Waals surface area contributed by atoms with Gasteiger partial charge in [-0.25, -0.2) is 0 Å². The highest BCUT2D eigenvalue weighted by molar-refractivity contribution is 5.85. The first-order valence-corrected chi connectivity index (χ1v) is 5.21. The molecule has 0 amide bonds. The molecule has 1 rings (SSSR count). The van der Waals surface area contributed by atoms with Crippen LogP contribution in [0.15, 0.2) is 12.1 Å². The standard InChI is InChI=1S/C12H16N2O2.ClH/c1-3-4-9(14)11-8(7-13)5-6-10(16-2)12(11)15;/h5-6,9,15H,3-4,14H2,1-2H3;1H/t9-;/m1./s1. The van der Waals surface area contributed by atoms with E-state index in [4.69, 9.17) is 15.7 Å². The van der Waals surface area contributed by atoms with Gasteiger partial charge in [0.2, 0.25) is 0 Å². The number of nitriles is 1. The summed E-state index contributed by atoms with van der Waals surface area (Å²) in [6.45, 7) is 2.00. The van der Waals surface area contributed by atoms with Gasteiger partial charge in [0, 0.05) is 11.6 Å². The van der Waals surface area contributed by atoms with E-state index < -0.39 is 0 Å². The number of benzene rings is 1. The monoisotopic (exact) mass is 256 g/mol. The van der Waals surface area contributed by atoms with Crippen LogP contribution in [-0.4, -0.2) is 12.2 Å². The van der Waals surface area contributed by atoms with E-state index in [0.717, 1.165) is 12.8 Å². The molecule has 0 saturated carbocycles. The average Bonchev–Trinajstić information content (AvgIpc) is 2.28. The van der Waals surface area contributed by atoms with Gasteiger partial charge in [0.05, 0.1) is 18.7 Å². The summed E-state index contributed by atoms with van der Waals surface area (Å²) >= 11 is 0. The zero-order chi connectivity index (χ0) is 12.1. The van der Waals surface area contributed by atoms with E-state index in [1.807, 2.05) is 13.0 Å².